The van der Waals surface area contributed by atoms with E-state index in [9.17, 15) is 8.42 Å². The van der Waals surface area contributed by atoms with Gasteiger partial charge in [0.25, 0.3) is 0 Å². The lowest BCUT2D eigenvalue weighted by Gasteiger charge is -2.10. The lowest BCUT2D eigenvalue weighted by atomic mass is 10.2. The zero-order valence-corrected chi connectivity index (χ0v) is 12.3. The van der Waals surface area contributed by atoms with Gasteiger partial charge in [-0.15, -0.1) is 0 Å². The van der Waals surface area contributed by atoms with Crippen molar-refractivity contribution in [1.82, 2.24) is 0 Å². The minimum Gasteiger partial charge on any atom is -0.381 e. The predicted molar refractivity (Wildman–Crippen MR) is 72.8 cm³/mol. The number of nitrogens with one attached hydrogen (secondary N) is 1. The molecule has 0 aromatic heterocycles. The Balaban J connectivity index is 2.69. The Morgan fingerprint density at radius 2 is 2.12 bits per heavy atom. The Kier molecular flexibility index (Phi) is 5.42. The van der Waals surface area contributed by atoms with Gasteiger partial charge in [-0.1, -0.05) is 6.07 Å². The van der Waals surface area contributed by atoms with Crippen molar-refractivity contribution in [3.8, 4) is 0 Å². The van der Waals surface area contributed by atoms with E-state index in [1.165, 1.54) is 0 Å². The molecule has 0 bridgehead atoms. The van der Waals surface area contributed by atoms with Crippen LogP contribution in [0.3, 0.4) is 0 Å². The van der Waals surface area contributed by atoms with E-state index in [2.05, 4.69) is 20.7 Å². The van der Waals surface area contributed by atoms with Gasteiger partial charge >= 0.3 is 0 Å². The van der Waals surface area contributed by atoms with E-state index in [1.54, 1.807) is 6.07 Å². The van der Waals surface area contributed by atoms with Gasteiger partial charge in [0.1, 0.15) is 0 Å². The highest BCUT2D eigenvalue weighted by Crippen LogP contribution is 2.24. The van der Waals surface area contributed by atoms with Crippen LogP contribution < -0.4 is 4.72 Å². The van der Waals surface area contributed by atoms with Crippen LogP contribution in [0, 0.1) is 6.92 Å². The molecule has 0 unspecified atom stereocenters. The molecule has 0 saturated heterocycles. The second-order valence-corrected chi connectivity index (χ2v) is 6.30. The third-order valence-electron chi connectivity index (χ3n) is 2.09. The molecule has 1 N–H and O–H groups in total. The summed E-state index contributed by atoms with van der Waals surface area (Å²) in [6.07, 6.45) is 0. The highest BCUT2D eigenvalue weighted by molar-refractivity contribution is 9.10. The normalized spacial score (nSPS) is 11.5. The Bertz CT molecular complexity index is 474. The van der Waals surface area contributed by atoms with Gasteiger partial charge in [-0.25, -0.2) is 8.42 Å². The first kappa shape index (κ1) is 14.5. The number of ether oxygens (including phenoxy) is 1. The number of benzene rings is 1. The largest absolute Gasteiger partial charge is 0.381 e. The van der Waals surface area contributed by atoms with Gasteiger partial charge < -0.3 is 4.74 Å². The molecule has 1 rings (SSSR count). The molecule has 0 saturated carbocycles. The number of anilines is 1. The smallest absolute Gasteiger partial charge is 0.235 e. The van der Waals surface area contributed by atoms with Crippen LogP contribution in [0.5, 0.6) is 0 Å². The van der Waals surface area contributed by atoms with E-state index >= 15 is 0 Å². The summed E-state index contributed by atoms with van der Waals surface area (Å²) < 4.78 is 31.7. The first-order valence-corrected chi connectivity index (χ1v) is 7.73. The standard InChI is InChI=1S/C11H16BrNO3S/c1-3-16-6-7-17(14,15)13-11-5-4-9(2)8-10(11)12/h4-5,8,13H,3,6-7H2,1-2H3. The highest BCUT2D eigenvalue weighted by atomic mass is 79.9. The molecule has 0 aliphatic carbocycles. The molecule has 0 heterocycles. The van der Waals surface area contributed by atoms with E-state index in [4.69, 9.17) is 4.74 Å². The molecule has 0 atom stereocenters. The molecule has 0 amide bonds. The van der Waals surface area contributed by atoms with Crippen LogP contribution in [0.2, 0.25) is 0 Å². The number of hydrogen-bond donors (Lipinski definition) is 1. The van der Waals surface area contributed by atoms with Crippen molar-refractivity contribution in [1.29, 1.82) is 0 Å². The van der Waals surface area contributed by atoms with Crippen LogP contribution in [0.15, 0.2) is 22.7 Å². The predicted octanol–water partition coefficient (Wildman–Crippen LogP) is 2.54. The van der Waals surface area contributed by atoms with Gasteiger partial charge in [-0.2, -0.15) is 0 Å². The van der Waals surface area contributed by atoms with Gasteiger partial charge in [-0.3, -0.25) is 4.72 Å². The molecular weight excluding hydrogens is 306 g/mol. The fourth-order valence-electron chi connectivity index (χ4n) is 1.23. The average Bonchev–Trinajstić information content (AvgIpc) is 2.22. The fraction of sp³-hybridized carbons (Fsp3) is 0.455. The van der Waals surface area contributed by atoms with Gasteiger partial charge in [0.2, 0.25) is 10.0 Å². The molecule has 0 radical (unpaired) electrons. The van der Waals surface area contributed by atoms with Gasteiger partial charge in [0.15, 0.2) is 0 Å². The van der Waals surface area contributed by atoms with Gasteiger partial charge in [0, 0.05) is 11.1 Å². The van der Waals surface area contributed by atoms with Crippen LogP contribution in [-0.4, -0.2) is 27.4 Å². The molecule has 6 heteroatoms. The van der Waals surface area contributed by atoms with Crippen molar-refractivity contribution in [2.24, 2.45) is 0 Å². The fourth-order valence-corrected chi connectivity index (χ4v) is 2.91. The molecule has 0 aliphatic heterocycles. The number of sulfonamides is 1. The summed E-state index contributed by atoms with van der Waals surface area (Å²) in [4.78, 5) is 0. The van der Waals surface area contributed by atoms with Crippen molar-refractivity contribution >= 4 is 31.6 Å². The first-order chi connectivity index (χ1) is 7.94. The van der Waals surface area contributed by atoms with Gasteiger partial charge in [0.05, 0.1) is 18.0 Å². The van der Waals surface area contributed by atoms with Crippen molar-refractivity contribution < 1.29 is 13.2 Å². The quantitative estimate of drug-likeness (QED) is 0.819. The molecule has 0 spiro atoms. The monoisotopic (exact) mass is 321 g/mol. The lowest BCUT2D eigenvalue weighted by Crippen LogP contribution is -2.20. The Labute approximate surface area is 111 Å². The third-order valence-corrected chi connectivity index (χ3v) is 3.98. The van der Waals surface area contributed by atoms with Crippen molar-refractivity contribution in [2.75, 3.05) is 23.7 Å². The zero-order chi connectivity index (χ0) is 12.9. The molecule has 96 valence electrons. The maximum absolute atomic E-state index is 11.7. The molecule has 1 aromatic rings. The summed E-state index contributed by atoms with van der Waals surface area (Å²) in [7, 11) is -3.35. The molecule has 4 nitrogen and oxygen atoms in total. The Morgan fingerprint density at radius 1 is 1.41 bits per heavy atom. The third kappa shape index (κ3) is 5.06. The minimum atomic E-state index is -3.35. The van der Waals surface area contributed by atoms with Crippen molar-refractivity contribution in [3.05, 3.63) is 28.2 Å². The summed E-state index contributed by atoms with van der Waals surface area (Å²) in [5.74, 6) is -0.0405. The van der Waals surface area contributed by atoms with Crippen LogP contribution >= 0.6 is 15.9 Å². The SMILES string of the molecule is CCOCCS(=O)(=O)Nc1ccc(C)cc1Br. The summed E-state index contributed by atoms with van der Waals surface area (Å²) in [5, 5.41) is 0. The molecule has 1 aromatic carbocycles. The summed E-state index contributed by atoms with van der Waals surface area (Å²) in [5.41, 5.74) is 1.61. The highest BCUT2D eigenvalue weighted by Gasteiger charge is 2.12. The molecule has 0 aliphatic rings. The van der Waals surface area contributed by atoms with E-state index in [0.29, 0.717) is 12.3 Å². The maximum Gasteiger partial charge on any atom is 0.235 e. The minimum absolute atomic E-state index is 0.0405. The zero-order valence-electron chi connectivity index (χ0n) is 9.86. The van der Waals surface area contributed by atoms with E-state index in [0.717, 1.165) is 10.0 Å². The second kappa shape index (κ2) is 6.37. The van der Waals surface area contributed by atoms with E-state index < -0.39 is 10.0 Å². The number of aryl methyl sites for hydroxylation is 1. The number of hydrogen-bond acceptors (Lipinski definition) is 3. The number of halogens is 1. The first-order valence-electron chi connectivity index (χ1n) is 5.29. The topological polar surface area (TPSA) is 55.4 Å². The van der Waals surface area contributed by atoms with E-state index in [-0.39, 0.29) is 12.4 Å². The van der Waals surface area contributed by atoms with Crippen molar-refractivity contribution in [3.63, 3.8) is 0 Å². The van der Waals surface area contributed by atoms with Crippen molar-refractivity contribution in [2.45, 2.75) is 13.8 Å². The number of rotatable bonds is 6. The molecule has 0 fully saturated rings. The Hall–Kier alpha value is -0.590. The summed E-state index contributed by atoms with van der Waals surface area (Å²) in [6, 6.07) is 5.45. The molecule has 17 heavy (non-hydrogen) atoms. The Morgan fingerprint density at radius 3 is 2.71 bits per heavy atom. The van der Waals surface area contributed by atoms with Crippen LogP contribution in [-0.2, 0) is 14.8 Å². The van der Waals surface area contributed by atoms with E-state index in [1.807, 2.05) is 26.0 Å². The summed E-state index contributed by atoms with van der Waals surface area (Å²) >= 11 is 3.32. The average molecular weight is 322 g/mol. The van der Waals surface area contributed by atoms with Crippen LogP contribution in [0.25, 0.3) is 0 Å². The maximum atomic E-state index is 11.7. The van der Waals surface area contributed by atoms with Crippen LogP contribution in [0.4, 0.5) is 5.69 Å². The lowest BCUT2D eigenvalue weighted by molar-refractivity contribution is 0.163. The van der Waals surface area contributed by atoms with Crippen LogP contribution in [0.1, 0.15) is 12.5 Å². The second-order valence-electron chi connectivity index (χ2n) is 3.60. The summed E-state index contributed by atoms with van der Waals surface area (Å²) in [6.45, 7) is 4.49. The molecular formula is C11H16BrNO3S. The van der Waals surface area contributed by atoms with Gasteiger partial charge in [-0.05, 0) is 47.5 Å².